The second-order valence-corrected chi connectivity index (χ2v) is 6.58. The number of aromatic amines is 1. The molecule has 0 atom stereocenters. The molecule has 7 nitrogen and oxygen atoms in total. The van der Waals surface area contributed by atoms with E-state index in [1.807, 2.05) is 54.9 Å². The summed E-state index contributed by atoms with van der Waals surface area (Å²) in [7, 11) is 0. The minimum absolute atomic E-state index is 0.0260. The van der Waals surface area contributed by atoms with Gasteiger partial charge in [-0.05, 0) is 61.4 Å². The van der Waals surface area contributed by atoms with Crippen molar-refractivity contribution in [2.45, 2.75) is 20.3 Å². The van der Waals surface area contributed by atoms with Crippen molar-refractivity contribution in [1.82, 2.24) is 19.7 Å². The van der Waals surface area contributed by atoms with Crippen LogP contribution in [0.15, 0.2) is 55.1 Å². The lowest BCUT2D eigenvalue weighted by atomic mass is 10.0. The number of phenols is 1. The van der Waals surface area contributed by atoms with Gasteiger partial charge in [0, 0.05) is 22.7 Å². The van der Waals surface area contributed by atoms with E-state index in [1.165, 1.54) is 0 Å². The van der Waals surface area contributed by atoms with E-state index in [2.05, 4.69) is 21.8 Å². The zero-order chi connectivity index (χ0) is 19.8. The first-order valence-corrected chi connectivity index (χ1v) is 8.96. The van der Waals surface area contributed by atoms with E-state index in [9.17, 15) is 5.11 Å². The van der Waals surface area contributed by atoms with Gasteiger partial charge in [-0.1, -0.05) is 18.1 Å². The zero-order valence-electron chi connectivity index (χ0n) is 15.7. The molecular weight excluding hydrogens is 354 g/mol. The number of ether oxygens (including phenoxy) is 1. The average molecular weight is 375 g/mol. The molecular formula is C21H21N5O2. The lowest BCUT2D eigenvalue weighted by molar-refractivity contribution is 0.381. The van der Waals surface area contributed by atoms with Crippen molar-refractivity contribution in [3.05, 3.63) is 66.2 Å². The number of hydrogen-bond donors (Lipinski definition) is 3. The number of hydrogen-bond acceptors (Lipinski definition) is 5. The summed E-state index contributed by atoms with van der Waals surface area (Å²) in [4.78, 5) is 3.21. The van der Waals surface area contributed by atoms with Gasteiger partial charge in [0.05, 0.1) is 5.69 Å². The Morgan fingerprint density at radius 1 is 1.29 bits per heavy atom. The van der Waals surface area contributed by atoms with E-state index in [1.54, 1.807) is 6.07 Å². The van der Waals surface area contributed by atoms with Crippen molar-refractivity contribution in [1.29, 1.82) is 0 Å². The Bertz CT molecular complexity index is 1190. The third-order valence-corrected chi connectivity index (χ3v) is 4.72. The van der Waals surface area contributed by atoms with Gasteiger partial charge in [0.2, 0.25) is 0 Å². The molecule has 0 saturated carbocycles. The van der Waals surface area contributed by atoms with Crippen LogP contribution < -0.4 is 10.5 Å². The van der Waals surface area contributed by atoms with E-state index >= 15 is 0 Å². The van der Waals surface area contributed by atoms with Gasteiger partial charge < -0.3 is 20.6 Å². The normalized spacial score (nSPS) is 11.1. The molecule has 0 radical (unpaired) electrons. The van der Waals surface area contributed by atoms with Crippen molar-refractivity contribution in [2.75, 3.05) is 0 Å². The van der Waals surface area contributed by atoms with Gasteiger partial charge in [-0.2, -0.15) is 0 Å². The molecule has 0 fully saturated rings. The number of aromatic hydroxyl groups is 1. The molecule has 7 heteroatoms. The topological polar surface area (TPSA) is 102 Å². The van der Waals surface area contributed by atoms with Crippen LogP contribution in [0.1, 0.15) is 18.1 Å². The molecule has 2 aromatic heterocycles. The summed E-state index contributed by atoms with van der Waals surface area (Å²) < 4.78 is 7.37. The Balaban J connectivity index is 2.02. The molecule has 0 amide bonds. The van der Waals surface area contributed by atoms with Crippen LogP contribution in [-0.2, 0) is 6.42 Å². The molecule has 0 bridgehead atoms. The van der Waals surface area contributed by atoms with Crippen LogP contribution in [-0.4, -0.2) is 24.9 Å². The molecule has 0 aliphatic heterocycles. The highest BCUT2D eigenvalue weighted by molar-refractivity contribution is 5.89. The first-order chi connectivity index (χ1) is 13.5. The first-order valence-electron chi connectivity index (χ1n) is 8.96. The van der Waals surface area contributed by atoms with E-state index in [0.29, 0.717) is 12.2 Å². The van der Waals surface area contributed by atoms with Crippen LogP contribution in [0.5, 0.6) is 11.8 Å². The van der Waals surface area contributed by atoms with Gasteiger partial charge in [-0.25, -0.2) is 4.57 Å². The lowest BCUT2D eigenvalue weighted by Gasteiger charge is -2.14. The molecule has 0 unspecified atom stereocenters. The molecule has 142 valence electrons. The third-order valence-electron chi connectivity index (χ3n) is 4.72. The Morgan fingerprint density at radius 2 is 2.11 bits per heavy atom. The van der Waals surface area contributed by atoms with Crippen LogP contribution in [0.4, 0.5) is 0 Å². The minimum atomic E-state index is 0.0260. The van der Waals surface area contributed by atoms with Gasteiger partial charge in [0.1, 0.15) is 5.75 Å². The molecule has 0 spiro atoms. The predicted molar refractivity (Wildman–Crippen MR) is 108 cm³/mol. The fourth-order valence-electron chi connectivity index (χ4n) is 3.37. The molecule has 2 heterocycles. The summed E-state index contributed by atoms with van der Waals surface area (Å²) >= 11 is 0. The zero-order valence-corrected chi connectivity index (χ0v) is 15.7. The lowest BCUT2D eigenvalue weighted by Crippen LogP contribution is -2.09. The smallest absolute Gasteiger partial charge is 0.328 e. The number of nitrogens with zero attached hydrogens (tertiary/aromatic N) is 3. The average Bonchev–Trinajstić information content (AvgIpc) is 3.28. The number of nitrogens with two attached hydrogens (primary N) is 1. The second kappa shape index (κ2) is 6.77. The highest BCUT2D eigenvalue weighted by Crippen LogP contribution is 2.35. The summed E-state index contributed by atoms with van der Waals surface area (Å²) in [5.74, 6) is 0.893. The van der Waals surface area contributed by atoms with Crippen molar-refractivity contribution >= 4 is 10.9 Å². The molecule has 28 heavy (non-hydrogen) atoms. The predicted octanol–water partition coefficient (Wildman–Crippen LogP) is 3.80. The maximum Gasteiger partial charge on any atom is 0.328 e. The van der Waals surface area contributed by atoms with Crippen LogP contribution in [0.3, 0.4) is 0 Å². The van der Waals surface area contributed by atoms with E-state index < -0.39 is 0 Å². The monoisotopic (exact) mass is 375 g/mol. The maximum atomic E-state index is 10.2. The SMILES string of the molecule is C=C(N)Oc1nnc(-c2cc(CC)c(O)cc2C)n1-c1cccc2[nH]ccc12. The summed E-state index contributed by atoms with van der Waals surface area (Å²) in [6.07, 6.45) is 2.57. The fraction of sp³-hybridized carbons (Fsp3) is 0.143. The highest BCUT2D eigenvalue weighted by Gasteiger charge is 2.21. The number of benzene rings is 2. The molecule has 4 N–H and O–H groups in total. The molecule has 0 aliphatic rings. The first kappa shape index (κ1) is 17.7. The quantitative estimate of drug-likeness (QED) is 0.461. The standard InChI is InChI=1S/C21H21N5O2/c1-4-14-11-16(12(2)10-19(14)27)20-24-25-21(28-13(3)22)26(20)18-7-5-6-17-15(18)8-9-23-17/h5-11,23,27H,3-4,22H2,1-2H3. The van der Waals surface area contributed by atoms with E-state index in [-0.39, 0.29) is 17.6 Å². The third kappa shape index (κ3) is 2.87. The van der Waals surface area contributed by atoms with Gasteiger partial charge in [-0.3, -0.25) is 0 Å². The van der Waals surface area contributed by atoms with Crippen LogP contribution in [0.2, 0.25) is 0 Å². The fourth-order valence-corrected chi connectivity index (χ4v) is 3.37. The van der Waals surface area contributed by atoms with Crippen molar-refractivity contribution in [3.8, 4) is 28.8 Å². The summed E-state index contributed by atoms with van der Waals surface area (Å²) in [6, 6.07) is 11.8. The molecule has 0 aliphatic carbocycles. The van der Waals surface area contributed by atoms with Crippen LogP contribution >= 0.6 is 0 Å². The highest BCUT2D eigenvalue weighted by atomic mass is 16.5. The van der Waals surface area contributed by atoms with Crippen LogP contribution in [0.25, 0.3) is 28.0 Å². The largest absolute Gasteiger partial charge is 0.508 e. The van der Waals surface area contributed by atoms with Crippen molar-refractivity contribution < 1.29 is 9.84 Å². The molecule has 4 aromatic rings. The minimum Gasteiger partial charge on any atom is -0.508 e. The number of phenolic OH excluding ortho intramolecular Hbond substituents is 1. The number of fused-ring (bicyclic) bond motifs is 1. The van der Waals surface area contributed by atoms with Crippen molar-refractivity contribution in [3.63, 3.8) is 0 Å². The van der Waals surface area contributed by atoms with E-state index in [0.717, 1.165) is 33.3 Å². The number of nitrogens with one attached hydrogen (secondary N) is 1. The Hall–Kier alpha value is -3.74. The number of rotatable bonds is 5. The van der Waals surface area contributed by atoms with Gasteiger partial charge in [-0.15, -0.1) is 5.10 Å². The second-order valence-electron chi connectivity index (χ2n) is 6.58. The Kier molecular flexibility index (Phi) is 4.27. The van der Waals surface area contributed by atoms with Crippen molar-refractivity contribution in [2.24, 2.45) is 5.73 Å². The summed E-state index contributed by atoms with van der Waals surface area (Å²) in [5, 5.41) is 19.7. The number of aryl methyl sites for hydroxylation is 2. The Morgan fingerprint density at radius 3 is 2.86 bits per heavy atom. The van der Waals surface area contributed by atoms with Crippen LogP contribution in [0, 0.1) is 6.92 Å². The van der Waals surface area contributed by atoms with Gasteiger partial charge in [0.15, 0.2) is 11.7 Å². The molecule has 2 aromatic carbocycles. The summed E-state index contributed by atoms with van der Waals surface area (Å²) in [5.41, 5.74) is 10.1. The number of aromatic nitrogens is 4. The summed E-state index contributed by atoms with van der Waals surface area (Å²) in [6.45, 7) is 7.53. The molecule has 0 saturated heterocycles. The number of H-pyrrole nitrogens is 1. The maximum absolute atomic E-state index is 10.2. The van der Waals surface area contributed by atoms with E-state index in [4.69, 9.17) is 10.5 Å². The van der Waals surface area contributed by atoms with Gasteiger partial charge in [0.25, 0.3) is 0 Å². The Labute approximate surface area is 162 Å². The molecule has 4 rings (SSSR count). The van der Waals surface area contributed by atoms with Gasteiger partial charge >= 0.3 is 6.01 Å².